The molecule has 0 radical (unpaired) electrons. The van der Waals surface area contributed by atoms with Crippen LogP contribution < -0.4 is 0 Å². The van der Waals surface area contributed by atoms with Crippen LogP contribution in [0.5, 0.6) is 0 Å². The number of allylic oxidation sites excluding steroid dienone is 1. The first kappa shape index (κ1) is 21.4. The van der Waals surface area contributed by atoms with Gasteiger partial charge < -0.3 is 14.0 Å². The van der Waals surface area contributed by atoms with E-state index in [1.54, 1.807) is 0 Å². The van der Waals surface area contributed by atoms with Gasteiger partial charge in [0, 0.05) is 5.41 Å². The predicted octanol–water partition coefficient (Wildman–Crippen LogP) is 4.23. The van der Waals surface area contributed by atoms with Gasteiger partial charge in [0.1, 0.15) is 0 Å². The first-order chi connectivity index (χ1) is 12.1. The first-order valence-electron chi connectivity index (χ1n) is 10.3. The number of ketones is 1. The molecule has 0 aromatic rings. The molecule has 3 aliphatic rings. The number of carbonyl (C=O) groups excluding carboxylic acids is 1. The first-order valence-corrected chi connectivity index (χ1v) is 17.2. The van der Waals surface area contributed by atoms with E-state index >= 15 is 0 Å². The van der Waals surface area contributed by atoms with E-state index in [4.69, 9.17) is 8.85 Å². The van der Waals surface area contributed by atoms with Gasteiger partial charge in [-0.3, -0.25) is 4.79 Å². The van der Waals surface area contributed by atoms with Crippen LogP contribution in [0.4, 0.5) is 0 Å². The lowest BCUT2D eigenvalue weighted by molar-refractivity contribution is -0.123. The highest BCUT2D eigenvalue weighted by Gasteiger charge is 2.69. The van der Waals surface area contributed by atoms with Crippen LogP contribution in [0.25, 0.3) is 0 Å². The molecule has 0 aromatic carbocycles. The second kappa shape index (κ2) is 6.36. The highest BCUT2D eigenvalue weighted by molar-refractivity contribution is 6.70. The summed E-state index contributed by atoms with van der Waals surface area (Å²) in [5.41, 5.74) is 0.805. The van der Waals surface area contributed by atoms with Crippen LogP contribution in [-0.4, -0.2) is 46.3 Å². The standard InChI is InChI=1S/C21H38O4Si2/c1-20(2)11-13-17(19(20)25-27(7,8)9)21(3)14(10-16(23)15(21)12-22)18(13)24-26(4,5)6/h10,13,15,17-19,22H,11-12H2,1-9H3/t13-,15+,17-,18-,19+,21-/m0/s1. The summed E-state index contributed by atoms with van der Waals surface area (Å²) in [6.45, 7) is 20.1. The number of fused-ring (bicyclic) bond motifs is 3. The predicted molar refractivity (Wildman–Crippen MR) is 114 cm³/mol. The Hall–Kier alpha value is -0.276. The molecule has 0 bridgehead atoms. The third-order valence-electron chi connectivity index (χ3n) is 6.84. The molecule has 0 amide bonds. The molecule has 6 atom stereocenters. The summed E-state index contributed by atoms with van der Waals surface area (Å²) < 4.78 is 13.5. The van der Waals surface area contributed by atoms with Gasteiger partial charge in [0.05, 0.1) is 24.7 Å². The average Bonchev–Trinajstić information content (AvgIpc) is 2.93. The van der Waals surface area contributed by atoms with Gasteiger partial charge in [0.25, 0.3) is 0 Å². The smallest absolute Gasteiger partial charge is 0.184 e. The van der Waals surface area contributed by atoms with Crippen LogP contribution in [0.15, 0.2) is 11.6 Å². The molecule has 0 aliphatic heterocycles. The summed E-state index contributed by atoms with van der Waals surface area (Å²) in [5.74, 6) is 0.271. The molecule has 154 valence electrons. The van der Waals surface area contributed by atoms with Crippen molar-refractivity contribution in [2.45, 2.75) is 78.7 Å². The Kier molecular flexibility index (Phi) is 5.05. The quantitative estimate of drug-likeness (QED) is 0.689. The molecule has 4 nitrogen and oxygen atoms in total. The van der Waals surface area contributed by atoms with Crippen molar-refractivity contribution >= 4 is 22.4 Å². The molecule has 0 spiro atoms. The fourth-order valence-electron chi connectivity index (χ4n) is 5.99. The van der Waals surface area contributed by atoms with Gasteiger partial charge in [0.2, 0.25) is 0 Å². The van der Waals surface area contributed by atoms with Crippen molar-refractivity contribution in [3.05, 3.63) is 11.6 Å². The minimum atomic E-state index is -1.79. The molecule has 2 saturated carbocycles. The molecule has 0 unspecified atom stereocenters. The van der Waals surface area contributed by atoms with E-state index in [0.29, 0.717) is 5.92 Å². The van der Waals surface area contributed by atoms with Gasteiger partial charge in [-0.15, -0.1) is 0 Å². The van der Waals surface area contributed by atoms with Crippen LogP contribution in [-0.2, 0) is 13.6 Å². The monoisotopic (exact) mass is 410 g/mol. The topological polar surface area (TPSA) is 55.8 Å². The molecule has 6 heteroatoms. The summed E-state index contributed by atoms with van der Waals surface area (Å²) in [7, 11) is -3.56. The fraction of sp³-hybridized carbons (Fsp3) is 0.857. The number of carbonyl (C=O) groups is 1. The van der Waals surface area contributed by atoms with Crippen molar-refractivity contribution in [1.82, 2.24) is 0 Å². The van der Waals surface area contributed by atoms with E-state index in [1.165, 1.54) is 0 Å². The number of hydrogen-bond acceptors (Lipinski definition) is 4. The van der Waals surface area contributed by atoms with Crippen molar-refractivity contribution in [2.24, 2.45) is 28.6 Å². The number of aliphatic hydroxyl groups is 1. The van der Waals surface area contributed by atoms with Crippen LogP contribution in [0.2, 0.25) is 39.3 Å². The third kappa shape index (κ3) is 3.46. The van der Waals surface area contributed by atoms with E-state index in [9.17, 15) is 9.90 Å². The molecule has 2 fully saturated rings. The molecule has 3 aliphatic carbocycles. The fourth-order valence-corrected chi connectivity index (χ4v) is 8.28. The van der Waals surface area contributed by atoms with Crippen molar-refractivity contribution in [3.8, 4) is 0 Å². The molecule has 0 aromatic heterocycles. The molecule has 0 heterocycles. The SMILES string of the molecule is CC1(C)C[C@H]2[C@@H]([C@H]1O[Si](C)(C)C)[C@@]1(C)C(=CC(=O)[C@H]1CO)[C@H]2O[Si](C)(C)C. The Morgan fingerprint density at radius 3 is 2.11 bits per heavy atom. The Labute approximate surface area is 167 Å². The van der Waals surface area contributed by atoms with Crippen LogP contribution in [0.1, 0.15) is 27.2 Å². The Bertz CT molecular complexity index is 658. The van der Waals surface area contributed by atoms with Crippen molar-refractivity contribution in [1.29, 1.82) is 0 Å². The minimum Gasteiger partial charge on any atom is -0.414 e. The van der Waals surface area contributed by atoms with Gasteiger partial charge in [-0.25, -0.2) is 0 Å². The number of aliphatic hydroxyl groups excluding tert-OH is 1. The van der Waals surface area contributed by atoms with E-state index in [-0.39, 0.29) is 47.3 Å². The second-order valence-corrected chi connectivity index (χ2v) is 20.6. The van der Waals surface area contributed by atoms with Gasteiger partial charge in [-0.05, 0) is 74.6 Å². The van der Waals surface area contributed by atoms with Gasteiger partial charge in [-0.1, -0.05) is 20.8 Å². The normalized spacial score (nSPS) is 40.9. The highest BCUT2D eigenvalue weighted by atomic mass is 28.4. The van der Waals surface area contributed by atoms with Crippen LogP contribution >= 0.6 is 0 Å². The van der Waals surface area contributed by atoms with Crippen LogP contribution in [0, 0.1) is 28.6 Å². The van der Waals surface area contributed by atoms with Gasteiger partial charge in [0.15, 0.2) is 22.4 Å². The molecule has 27 heavy (non-hydrogen) atoms. The van der Waals surface area contributed by atoms with E-state index in [2.05, 4.69) is 60.1 Å². The Morgan fingerprint density at radius 1 is 1.07 bits per heavy atom. The largest absolute Gasteiger partial charge is 0.414 e. The zero-order valence-corrected chi connectivity index (χ0v) is 20.6. The lowest BCUT2D eigenvalue weighted by Crippen LogP contribution is -2.47. The lowest BCUT2D eigenvalue weighted by atomic mass is 9.67. The Morgan fingerprint density at radius 2 is 1.63 bits per heavy atom. The van der Waals surface area contributed by atoms with Crippen molar-refractivity contribution in [3.63, 3.8) is 0 Å². The minimum absolute atomic E-state index is 0.0123. The van der Waals surface area contributed by atoms with Crippen LogP contribution in [0.3, 0.4) is 0 Å². The lowest BCUT2D eigenvalue weighted by Gasteiger charge is -2.43. The summed E-state index contributed by atoms with van der Waals surface area (Å²) in [6.07, 6.45) is 2.93. The summed E-state index contributed by atoms with van der Waals surface area (Å²) >= 11 is 0. The zero-order chi connectivity index (χ0) is 20.6. The number of hydrogen-bond donors (Lipinski definition) is 1. The highest BCUT2D eigenvalue weighted by Crippen LogP contribution is 2.68. The van der Waals surface area contributed by atoms with Gasteiger partial charge >= 0.3 is 0 Å². The maximum Gasteiger partial charge on any atom is 0.184 e. The molecular weight excluding hydrogens is 372 g/mol. The number of rotatable bonds is 5. The summed E-state index contributed by atoms with van der Waals surface area (Å²) in [6, 6.07) is 0. The third-order valence-corrected chi connectivity index (χ3v) is 8.76. The summed E-state index contributed by atoms with van der Waals surface area (Å²) in [5, 5.41) is 10.1. The molecule has 1 N–H and O–H groups in total. The maximum atomic E-state index is 12.8. The van der Waals surface area contributed by atoms with Crippen molar-refractivity contribution < 1.29 is 18.8 Å². The second-order valence-electron chi connectivity index (χ2n) is 11.7. The van der Waals surface area contributed by atoms with E-state index < -0.39 is 16.6 Å². The summed E-state index contributed by atoms with van der Waals surface area (Å²) in [4.78, 5) is 12.8. The zero-order valence-electron chi connectivity index (χ0n) is 18.6. The molecule has 3 rings (SSSR count). The molecule has 0 saturated heterocycles. The van der Waals surface area contributed by atoms with Gasteiger partial charge in [-0.2, -0.15) is 0 Å². The Balaban J connectivity index is 2.12. The average molecular weight is 411 g/mol. The van der Waals surface area contributed by atoms with Crippen molar-refractivity contribution in [2.75, 3.05) is 6.61 Å². The maximum absolute atomic E-state index is 12.8. The molecular formula is C21H38O4Si2. The van der Waals surface area contributed by atoms with E-state index in [0.717, 1.165) is 12.0 Å². The van der Waals surface area contributed by atoms with E-state index in [1.807, 2.05) is 6.08 Å².